The molecule has 1 N–H and O–H groups in total. The maximum absolute atomic E-state index is 10.6. The maximum Gasteiger partial charge on any atom is 0.269 e. The number of nitrogens with zero attached hydrogens (tertiary/aromatic N) is 3. The fourth-order valence-corrected chi connectivity index (χ4v) is 2.45. The van der Waals surface area contributed by atoms with E-state index in [1.807, 2.05) is 24.3 Å². The zero-order chi connectivity index (χ0) is 16.7. The third kappa shape index (κ3) is 4.60. The van der Waals surface area contributed by atoms with Crippen LogP contribution in [0.2, 0.25) is 0 Å². The number of rotatable bonds is 5. The van der Waals surface area contributed by atoms with Crippen LogP contribution >= 0.6 is 11.8 Å². The zero-order valence-electron chi connectivity index (χ0n) is 11.8. The molecule has 0 aliphatic carbocycles. The van der Waals surface area contributed by atoms with Gasteiger partial charge in [-0.2, -0.15) is 10.5 Å². The van der Waals surface area contributed by atoms with E-state index in [1.54, 1.807) is 24.3 Å². The van der Waals surface area contributed by atoms with Crippen molar-refractivity contribution in [2.75, 3.05) is 5.32 Å². The van der Waals surface area contributed by atoms with Crippen molar-refractivity contribution in [3.8, 4) is 12.1 Å². The quantitative estimate of drug-likeness (QED) is 0.505. The van der Waals surface area contributed by atoms with E-state index in [0.29, 0.717) is 0 Å². The summed E-state index contributed by atoms with van der Waals surface area (Å²) >= 11 is 1.48. The van der Waals surface area contributed by atoms with Gasteiger partial charge in [0.1, 0.15) is 17.7 Å². The van der Waals surface area contributed by atoms with Gasteiger partial charge >= 0.3 is 0 Å². The second kappa shape index (κ2) is 7.64. The van der Waals surface area contributed by atoms with Crippen molar-refractivity contribution in [2.24, 2.45) is 0 Å². The fourth-order valence-electron chi connectivity index (χ4n) is 1.64. The molecule has 2 aromatic rings. The smallest absolute Gasteiger partial charge is 0.269 e. The molecule has 7 heteroatoms. The Balaban J connectivity index is 2.03. The van der Waals surface area contributed by atoms with E-state index in [-0.39, 0.29) is 11.3 Å². The highest BCUT2D eigenvalue weighted by atomic mass is 32.2. The van der Waals surface area contributed by atoms with Crippen LogP contribution in [0.4, 0.5) is 11.4 Å². The van der Waals surface area contributed by atoms with Gasteiger partial charge in [-0.25, -0.2) is 0 Å². The molecule has 2 aromatic carbocycles. The highest BCUT2D eigenvalue weighted by molar-refractivity contribution is 7.99. The fraction of sp³-hybridized carbons (Fsp3) is 0. The summed E-state index contributed by atoms with van der Waals surface area (Å²) in [5, 5.41) is 30.8. The number of nitrogens with one attached hydrogen (secondary N) is 1. The van der Waals surface area contributed by atoms with Crippen LogP contribution in [-0.4, -0.2) is 4.92 Å². The molecule has 0 aliphatic rings. The van der Waals surface area contributed by atoms with Crippen LogP contribution in [0.1, 0.15) is 0 Å². The molecule has 0 saturated carbocycles. The van der Waals surface area contributed by atoms with E-state index in [0.717, 1.165) is 15.5 Å². The van der Waals surface area contributed by atoms with Gasteiger partial charge in [0.15, 0.2) is 0 Å². The summed E-state index contributed by atoms with van der Waals surface area (Å²) in [5.41, 5.74) is 0.807. The molecular formula is C16H10N4O2S. The van der Waals surface area contributed by atoms with E-state index in [2.05, 4.69) is 5.32 Å². The SMILES string of the molecule is N#CC(C#N)=CNc1ccc(Sc2ccc([N+](=O)[O-])cc2)cc1. The van der Waals surface area contributed by atoms with Crippen molar-refractivity contribution < 1.29 is 4.92 Å². The van der Waals surface area contributed by atoms with E-state index < -0.39 is 4.92 Å². The number of benzene rings is 2. The van der Waals surface area contributed by atoms with Crippen molar-refractivity contribution >= 4 is 23.1 Å². The molecule has 0 amide bonds. The first-order valence-electron chi connectivity index (χ1n) is 6.41. The van der Waals surface area contributed by atoms with Crippen molar-refractivity contribution in [3.63, 3.8) is 0 Å². The van der Waals surface area contributed by atoms with Gasteiger partial charge in [0.2, 0.25) is 0 Å². The summed E-state index contributed by atoms with van der Waals surface area (Å²) in [6.45, 7) is 0. The van der Waals surface area contributed by atoms with Crippen LogP contribution in [0.5, 0.6) is 0 Å². The highest BCUT2D eigenvalue weighted by Gasteiger charge is 2.04. The lowest BCUT2D eigenvalue weighted by molar-refractivity contribution is -0.384. The van der Waals surface area contributed by atoms with Crippen molar-refractivity contribution in [1.29, 1.82) is 10.5 Å². The topological polar surface area (TPSA) is 103 Å². The number of non-ortho nitro benzene ring substituents is 1. The van der Waals surface area contributed by atoms with Crippen molar-refractivity contribution in [2.45, 2.75) is 9.79 Å². The zero-order valence-corrected chi connectivity index (χ0v) is 12.6. The lowest BCUT2D eigenvalue weighted by atomic mass is 10.3. The Hall–Kier alpha value is -3.29. The average molecular weight is 322 g/mol. The van der Waals surface area contributed by atoms with E-state index >= 15 is 0 Å². The molecular weight excluding hydrogens is 312 g/mol. The molecule has 2 rings (SSSR count). The lowest BCUT2D eigenvalue weighted by Gasteiger charge is -2.04. The molecule has 0 unspecified atom stereocenters. The number of hydrogen-bond donors (Lipinski definition) is 1. The van der Waals surface area contributed by atoms with Crippen LogP contribution in [0.3, 0.4) is 0 Å². The standard InChI is InChI=1S/C16H10N4O2S/c17-9-12(10-18)11-19-13-1-5-15(6-2-13)23-16-7-3-14(4-8-16)20(21)22/h1-8,11,19H. The number of hydrogen-bond acceptors (Lipinski definition) is 6. The highest BCUT2D eigenvalue weighted by Crippen LogP contribution is 2.29. The third-order valence-electron chi connectivity index (χ3n) is 2.76. The van der Waals surface area contributed by atoms with E-state index in [4.69, 9.17) is 10.5 Å². The Bertz CT molecular complexity index is 799. The van der Waals surface area contributed by atoms with Crippen LogP contribution in [-0.2, 0) is 0 Å². The molecule has 0 bridgehead atoms. The van der Waals surface area contributed by atoms with E-state index in [9.17, 15) is 10.1 Å². The molecule has 0 saturated heterocycles. The summed E-state index contributed by atoms with van der Waals surface area (Å²) < 4.78 is 0. The molecule has 112 valence electrons. The summed E-state index contributed by atoms with van der Waals surface area (Å²) in [4.78, 5) is 12.0. The summed E-state index contributed by atoms with van der Waals surface area (Å²) in [7, 11) is 0. The Labute approximate surface area is 136 Å². The molecule has 0 radical (unpaired) electrons. The van der Waals surface area contributed by atoms with Gasteiger partial charge in [-0.05, 0) is 36.4 Å². The molecule has 0 fully saturated rings. The van der Waals surface area contributed by atoms with Crippen molar-refractivity contribution in [3.05, 3.63) is 70.4 Å². The van der Waals surface area contributed by atoms with Gasteiger partial charge in [0, 0.05) is 33.8 Å². The molecule has 23 heavy (non-hydrogen) atoms. The Kier molecular flexibility index (Phi) is 5.35. The number of nitro benzene ring substituents is 1. The summed E-state index contributed by atoms with van der Waals surface area (Å²) in [5.74, 6) is 0. The second-order valence-electron chi connectivity index (χ2n) is 4.30. The largest absolute Gasteiger partial charge is 0.360 e. The lowest BCUT2D eigenvalue weighted by Crippen LogP contribution is -1.89. The third-order valence-corrected chi connectivity index (χ3v) is 3.78. The monoisotopic (exact) mass is 322 g/mol. The average Bonchev–Trinajstić information content (AvgIpc) is 2.58. The Morgan fingerprint density at radius 3 is 2.04 bits per heavy atom. The molecule has 0 aliphatic heterocycles. The first-order valence-corrected chi connectivity index (χ1v) is 7.23. The van der Waals surface area contributed by atoms with Gasteiger partial charge in [0.05, 0.1) is 4.92 Å². The number of nitriles is 2. The van der Waals surface area contributed by atoms with Crippen LogP contribution in [0.15, 0.2) is 70.1 Å². The number of nitro groups is 1. The number of allylic oxidation sites excluding steroid dienone is 1. The minimum absolute atomic E-state index is 0.00525. The maximum atomic E-state index is 10.6. The minimum Gasteiger partial charge on any atom is -0.360 e. The normalized spacial score (nSPS) is 9.30. The van der Waals surface area contributed by atoms with Gasteiger partial charge in [-0.3, -0.25) is 10.1 Å². The van der Waals surface area contributed by atoms with Gasteiger partial charge in [-0.15, -0.1) is 0 Å². The molecule has 0 heterocycles. The first-order chi connectivity index (χ1) is 11.1. The minimum atomic E-state index is -0.431. The predicted molar refractivity (Wildman–Crippen MR) is 86.6 cm³/mol. The van der Waals surface area contributed by atoms with Gasteiger partial charge in [0.25, 0.3) is 5.69 Å². The van der Waals surface area contributed by atoms with E-state index in [1.165, 1.54) is 30.1 Å². The molecule has 0 spiro atoms. The van der Waals surface area contributed by atoms with Gasteiger partial charge in [-0.1, -0.05) is 11.8 Å². The molecule has 0 aromatic heterocycles. The summed E-state index contributed by atoms with van der Waals surface area (Å²) in [6, 6.07) is 17.2. The van der Waals surface area contributed by atoms with Crippen molar-refractivity contribution in [1.82, 2.24) is 0 Å². The molecule has 6 nitrogen and oxygen atoms in total. The number of anilines is 1. The first kappa shape index (κ1) is 16.1. The summed E-state index contributed by atoms with van der Waals surface area (Å²) in [6.07, 6.45) is 1.35. The van der Waals surface area contributed by atoms with Crippen LogP contribution < -0.4 is 5.32 Å². The molecule has 0 atom stereocenters. The van der Waals surface area contributed by atoms with Gasteiger partial charge < -0.3 is 5.32 Å². The van der Waals surface area contributed by atoms with Crippen LogP contribution in [0.25, 0.3) is 0 Å². The second-order valence-corrected chi connectivity index (χ2v) is 5.45. The van der Waals surface area contributed by atoms with Crippen LogP contribution in [0, 0.1) is 32.8 Å². The Morgan fingerprint density at radius 1 is 1.04 bits per heavy atom. The Morgan fingerprint density at radius 2 is 1.57 bits per heavy atom. The predicted octanol–water partition coefficient (Wildman–Crippen LogP) is 4.09.